The number of alkyl halides is 1. The lowest BCUT2D eigenvalue weighted by atomic mass is 10.2. The minimum absolute atomic E-state index is 0.186. The number of methoxy groups -OCH3 is 1. The van der Waals surface area contributed by atoms with Crippen LogP contribution in [0, 0.1) is 5.82 Å². The number of fused-ring (bicyclic) bond motifs is 1. The van der Waals surface area contributed by atoms with E-state index in [-0.39, 0.29) is 11.6 Å². The second-order valence-electron chi connectivity index (χ2n) is 4.70. The molecule has 0 unspecified atom stereocenters. The molecule has 110 valence electrons. The number of hydrogen-bond acceptors (Lipinski definition) is 3. The van der Waals surface area contributed by atoms with Crippen molar-refractivity contribution in [3.05, 3.63) is 41.7 Å². The van der Waals surface area contributed by atoms with Gasteiger partial charge in [0, 0.05) is 25.4 Å². The molecule has 0 radical (unpaired) electrons. The molecule has 3 aromatic rings. The Balaban J connectivity index is 2.14. The van der Waals surface area contributed by atoms with Crippen molar-refractivity contribution < 1.29 is 9.13 Å². The van der Waals surface area contributed by atoms with Gasteiger partial charge in [0.15, 0.2) is 11.6 Å². The van der Waals surface area contributed by atoms with Gasteiger partial charge >= 0.3 is 0 Å². The third-order valence-electron chi connectivity index (χ3n) is 3.31. The van der Waals surface area contributed by atoms with Gasteiger partial charge in [-0.3, -0.25) is 4.68 Å². The van der Waals surface area contributed by atoms with Gasteiger partial charge in [0.1, 0.15) is 5.82 Å². The van der Waals surface area contributed by atoms with E-state index in [1.54, 1.807) is 10.7 Å². The predicted octanol–water partition coefficient (Wildman–Crippen LogP) is 2.70. The van der Waals surface area contributed by atoms with Crippen LogP contribution in [0.2, 0.25) is 0 Å². The molecule has 0 N–H and O–H groups in total. The van der Waals surface area contributed by atoms with Crippen LogP contribution in [0.15, 0.2) is 24.4 Å². The predicted molar refractivity (Wildman–Crippen MR) is 78.1 cm³/mol. The van der Waals surface area contributed by atoms with Gasteiger partial charge in [-0.2, -0.15) is 5.10 Å². The van der Waals surface area contributed by atoms with E-state index < -0.39 is 5.82 Å². The van der Waals surface area contributed by atoms with Crippen molar-refractivity contribution in [3.63, 3.8) is 0 Å². The van der Waals surface area contributed by atoms with Crippen molar-refractivity contribution in [2.24, 2.45) is 7.05 Å². The van der Waals surface area contributed by atoms with Gasteiger partial charge in [0.2, 0.25) is 0 Å². The van der Waals surface area contributed by atoms with Crippen LogP contribution in [0.25, 0.3) is 11.0 Å². The molecule has 7 heteroatoms. The van der Waals surface area contributed by atoms with Crippen molar-refractivity contribution in [2.45, 2.75) is 12.4 Å². The summed E-state index contributed by atoms with van der Waals surface area (Å²) < 4.78 is 22.5. The Labute approximate surface area is 125 Å². The maximum Gasteiger partial charge on any atom is 0.167 e. The van der Waals surface area contributed by atoms with Crippen molar-refractivity contribution in [1.29, 1.82) is 0 Å². The first-order valence-corrected chi connectivity index (χ1v) is 6.93. The number of aryl methyl sites for hydroxylation is 1. The minimum atomic E-state index is -0.436. The quantitative estimate of drug-likeness (QED) is 0.696. The number of imidazole rings is 1. The zero-order valence-electron chi connectivity index (χ0n) is 11.7. The van der Waals surface area contributed by atoms with Gasteiger partial charge in [0.05, 0.1) is 36.3 Å². The Hall–Kier alpha value is -2.08. The fourth-order valence-electron chi connectivity index (χ4n) is 2.32. The fraction of sp³-hybridized carbons (Fsp3) is 0.286. The molecule has 5 nitrogen and oxygen atoms in total. The molecule has 0 saturated carbocycles. The second kappa shape index (κ2) is 5.37. The van der Waals surface area contributed by atoms with E-state index in [0.29, 0.717) is 17.9 Å². The van der Waals surface area contributed by atoms with Crippen LogP contribution in [0.1, 0.15) is 11.5 Å². The highest BCUT2D eigenvalue weighted by molar-refractivity contribution is 6.16. The molecule has 0 bridgehead atoms. The first-order chi connectivity index (χ1) is 10.1. The lowest BCUT2D eigenvalue weighted by Crippen LogP contribution is -2.05. The number of benzene rings is 1. The lowest BCUT2D eigenvalue weighted by molar-refractivity contribution is 0.387. The monoisotopic (exact) mass is 308 g/mol. The third kappa shape index (κ3) is 2.47. The molecule has 1 aromatic carbocycles. The van der Waals surface area contributed by atoms with Crippen LogP contribution in [-0.2, 0) is 19.5 Å². The molecule has 0 aliphatic carbocycles. The van der Waals surface area contributed by atoms with Gasteiger partial charge in [-0.05, 0) is 6.07 Å². The molecule has 0 fully saturated rings. The Morgan fingerprint density at radius 1 is 1.38 bits per heavy atom. The van der Waals surface area contributed by atoms with Crippen molar-refractivity contribution in [2.75, 3.05) is 7.11 Å². The molecular weight excluding hydrogens is 295 g/mol. The summed E-state index contributed by atoms with van der Waals surface area (Å²) in [7, 11) is 3.29. The lowest BCUT2D eigenvalue weighted by Gasteiger charge is -2.07. The first-order valence-electron chi connectivity index (χ1n) is 6.39. The zero-order chi connectivity index (χ0) is 15.0. The van der Waals surface area contributed by atoms with Gasteiger partial charge in [-0.1, -0.05) is 0 Å². The van der Waals surface area contributed by atoms with Crippen LogP contribution in [0.4, 0.5) is 4.39 Å². The van der Waals surface area contributed by atoms with E-state index in [1.165, 1.54) is 13.2 Å². The topological polar surface area (TPSA) is 44.9 Å². The molecule has 0 atom stereocenters. The van der Waals surface area contributed by atoms with Gasteiger partial charge in [-0.25, -0.2) is 9.37 Å². The summed E-state index contributed by atoms with van der Waals surface area (Å²) in [6.45, 7) is 0.522. The molecular formula is C14H14ClFN4O. The Morgan fingerprint density at radius 2 is 2.19 bits per heavy atom. The first kappa shape index (κ1) is 13.9. The normalized spacial score (nSPS) is 11.2. The van der Waals surface area contributed by atoms with E-state index in [9.17, 15) is 4.39 Å². The molecule has 3 rings (SSSR count). The highest BCUT2D eigenvalue weighted by Gasteiger charge is 2.15. The van der Waals surface area contributed by atoms with E-state index in [2.05, 4.69) is 10.1 Å². The summed E-state index contributed by atoms with van der Waals surface area (Å²) in [5, 5.41) is 4.35. The molecule has 0 aliphatic rings. The van der Waals surface area contributed by atoms with Crippen LogP contribution in [-0.4, -0.2) is 26.4 Å². The molecule has 0 spiro atoms. The van der Waals surface area contributed by atoms with Crippen molar-refractivity contribution in [3.8, 4) is 5.75 Å². The SMILES string of the molecule is COc1cc2c(cc1F)nc(CCl)n2Cc1ccn(C)n1. The number of ether oxygens (including phenoxy) is 1. The van der Waals surface area contributed by atoms with E-state index >= 15 is 0 Å². The standard InChI is InChI=1S/C14H14ClFN4O/c1-19-4-3-9(18-19)8-20-12-6-13(21-2)10(16)5-11(12)17-14(20)7-15/h3-6H,7-8H2,1-2H3. The zero-order valence-corrected chi connectivity index (χ0v) is 12.4. The van der Waals surface area contributed by atoms with Crippen LogP contribution < -0.4 is 4.74 Å². The summed E-state index contributed by atoms with van der Waals surface area (Å²) in [6.07, 6.45) is 1.87. The third-order valence-corrected chi connectivity index (χ3v) is 3.55. The van der Waals surface area contributed by atoms with Crippen LogP contribution in [0.3, 0.4) is 0 Å². The number of hydrogen-bond donors (Lipinski definition) is 0. The molecule has 0 saturated heterocycles. The smallest absolute Gasteiger partial charge is 0.167 e. The van der Waals surface area contributed by atoms with E-state index in [1.807, 2.05) is 23.9 Å². The average Bonchev–Trinajstić information content (AvgIpc) is 3.02. The van der Waals surface area contributed by atoms with Crippen molar-refractivity contribution >= 4 is 22.6 Å². The summed E-state index contributed by atoms with van der Waals surface area (Å²) in [4.78, 5) is 4.37. The maximum atomic E-state index is 13.8. The Bertz CT molecular complexity index is 796. The molecule has 21 heavy (non-hydrogen) atoms. The largest absolute Gasteiger partial charge is 0.494 e. The number of nitrogens with zero attached hydrogens (tertiary/aromatic N) is 4. The van der Waals surface area contributed by atoms with Crippen LogP contribution in [0.5, 0.6) is 5.75 Å². The number of halogens is 2. The number of rotatable bonds is 4. The summed E-state index contributed by atoms with van der Waals surface area (Å²) >= 11 is 5.95. The highest BCUT2D eigenvalue weighted by Crippen LogP contribution is 2.26. The highest BCUT2D eigenvalue weighted by atomic mass is 35.5. The molecule has 2 aromatic heterocycles. The van der Waals surface area contributed by atoms with Crippen LogP contribution >= 0.6 is 11.6 Å². The molecule has 2 heterocycles. The van der Waals surface area contributed by atoms with Gasteiger partial charge < -0.3 is 9.30 Å². The summed E-state index contributed by atoms with van der Waals surface area (Å²) in [5.41, 5.74) is 2.21. The summed E-state index contributed by atoms with van der Waals surface area (Å²) in [6, 6.07) is 4.92. The summed E-state index contributed by atoms with van der Waals surface area (Å²) in [5.74, 6) is 0.662. The maximum absolute atomic E-state index is 13.8. The molecule has 0 aliphatic heterocycles. The van der Waals surface area contributed by atoms with E-state index in [4.69, 9.17) is 16.3 Å². The minimum Gasteiger partial charge on any atom is -0.494 e. The van der Waals surface area contributed by atoms with Crippen molar-refractivity contribution in [1.82, 2.24) is 19.3 Å². The average molecular weight is 309 g/mol. The van der Waals surface area contributed by atoms with Gasteiger partial charge in [-0.15, -0.1) is 11.6 Å². The molecule has 0 amide bonds. The fourth-order valence-corrected chi connectivity index (χ4v) is 2.52. The number of aromatic nitrogens is 4. The van der Waals surface area contributed by atoms with E-state index in [0.717, 1.165) is 11.2 Å². The second-order valence-corrected chi connectivity index (χ2v) is 4.97. The van der Waals surface area contributed by atoms with Gasteiger partial charge in [0.25, 0.3) is 0 Å². The Morgan fingerprint density at radius 3 is 2.81 bits per heavy atom. The Kier molecular flexibility index (Phi) is 3.55.